The average molecular weight is 426 g/mol. The van der Waals surface area contributed by atoms with Gasteiger partial charge < -0.3 is 10.2 Å². The van der Waals surface area contributed by atoms with E-state index in [-0.39, 0.29) is 0 Å². The third-order valence-corrected chi connectivity index (χ3v) is 5.62. The summed E-state index contributed by atoms with van der Waals surface area (Å²) < 4.78 is 1.88. The van der Waals surface area contributed by atoms with Gasteiger partial charge in [-0.05, 0) is 35.5 Å². The highest BCUT2D eigenvalue weighted by Gasteiger charge is 2.19. The summed E-state index contributed by atoms with van der Waals surface area (Å²) in [5.41, 5.74) is 3.38. The minimum atomic E-state index is 0.674. The maximum absolute atomic E-state index is 6.06. The van der Waals surface area contributed by atoms with Gasteiger partial charge in [-0.2, -0.15) is 5.10 Å². The Balaban J connectivity index is 1.26. The molecule has 150 valence electrons. The van der Waals surface area contributed by atoms with E-state index in [1.165, 1.54) is 5.56 Å². The van der Waals surface area contributed by atoms with Crippen molar-refractivity contribution in [1.29, 1.82) is 0 Å². The molecule has 0 aliphatic carbocycles. The van der Waals surface area contributed by atoms with Crippen LogP contribution < -0.4 is 5.32 Å². The Bertz CT molecular complexity index is 951. The first-order valence-corrected chi connectivity index (χ1v) is 10.5. The lowest BCUT2D eigenvalue weighted by atomic mass is 10.2. The summed E-state index contributed by atoms with van der Waals surface area (Å²) in [5.74, 6) is 0. The molecule has 1 saturated heterocycles. The van der Waals surface area contributed by atoms with Gasteiger partial charge in [0.2, 0.25) is 0 Å². The largest absolute Gasteiger partial charge is 0.346 e. The van der Waals surface area contributed by atoms with E-state index >= 15 is 0 Å². The van der Waals surface area contributed by atoms with Crippen LogP contribution in [0.4, 0.5) is 5.69 Å². The number of piperazine rings is 1. The highest BCUT2D eigenvalue weighted by molar-refractivity contribution is 7.80. The van der Waals surface area contributed by atoms with Gasteiger partial charge in [0.1, 0.15) is 0 Å². The Morgan fingerprint density at radius 2 is 1.72 bits per heavy atom. The van der Waals surface area contributed by atoms with E-state index in [2.05, 4.69) is 50.5 Å². The van der Waals surface area contributed by atoms with Crippen LogP contribution in [0.3, 0.4) is 0 Å². The van der Waals surface area contributed by atoms with Gasteiger partial charge in [-0.15, -0.1) is 0 Å². The van der Waals surface area contributed by atoms with Crippen molar-refractivity contribution in [2.45, 2.75) is 13.1 Å². The van der Waals surface area contributed by atoms with Crippen molar-refractivity contribution in [1.82, 2.24) is 19.6 Å². The maximum Gasteiger partial charge on any atom is 0.173 e. The molecule has 5 nitrogen and oxygen atoms in total. The smallest absolute Gasteiger partial charge is 0.173 e. The van der Waals surface area contributed by atoms with Gasteiger partial charge in [0, 0.05) is 43.9 Å². The average Bonchev–Trinajstić information content (AvgIpc) is 3.16. The molecule has 0 bridgehead atoms. The quantitative estimate of drug-likeness (QED) is 0.623. The number of halogens is 1. The lowest BCUT2D eigenvalue weighted by Crippen LogP contribution is -2.49. The predicted octanol–water partition coefficient (Wildman–Crippen LogP) is 4.10. The van der Waals surface area contributed by atoms with Gasteiger partial charge in [-0.25, -0.2) is 0 Å². The lowest BCUT2D eigenvalue weighted by Gasteiger charge is -2.36. The lowest BCUT2D eigenvalue weighted by molar-refractivity contribution is 0.177. The summed E-state index contributed by atoms with van der Waals surface area (Å²) in [5, 5.41) is 9.24. The summed E-state index contributed by atoms with van der Waals surface area (Å²) in [6.45, 7) is 5.53. The fourth-order valence-corrected chi connectivity index (χ4v) is 4.00. The van der Waals surface area contributed by atoms with Gasteiger partial charge in [0.15, 0.2) is 5.11 Å². The number of thiocarbonyl (C=S) groups is 1. The molecule has 7 heteroatoms. The first kappa shape index (κ1) is 19.9. The van der Waals surface area contributed by atoms with Gasteiger partial charge in [0.25, 0.3) is 0 Å². The van der Waals surface area contributed by atoms with Crippen molar-refractivity contribution in [3.8, 4) is 0 Å². The van der Waals surface area contributed by atoms with Crippen LogP contribution in [0.1, 0.15) is 11.1 Å². The molecule has 1 N–H and O–H groups in total. The Kier molecular flexibility index (Phi) is 6.44. The van der Waals surface area contributed by atoms with Crippen molar-refractivity contribution in [2.75, 3.05) is 31.5 Å². The van der Waals surface area contributed by atoms with E-state index in [0.29, 0.717) is 6.54 Å². The highest BCUT2D eigenvalue weighted by Crippen LogP contribution is 2.14. The molecule has 0 atom stereocenters. The van der Waals surface area contributed by atoms with E-state index in [1.807, 2.05) is 41.3 Å². The van der Waals surface area contributed by atoms with Crippen molar-refractivity contribution in [3.05, 3.63) is 83.1 Å². The summed E-state index contributed by atoms with van der Waals surface area (Å²) in [4.78, 5) is 4.70. The monoisotopic (exact) mass is 425 g/mol. The van der Waals surface area contributed by atoms with Crippen LogP contribution in [-0.4, -0.2) is 50.9 Å². The molecule has 2 heterocycles. The fourth-order valence-electron chi connectivity index (χ4n) is 3.49. The third kappa shape index (κ3) is 5.56. The van der Waals surface area contributed by atoms with E-state index in [1.54, 1.807) is 0 Å². The maximum atomic E-state index is 6.06. The number of hydrogen-bond donors (Lipinski definition) is 1. The molecule has 1 aliphatic heterocycles. The zero-order valence-corrected chi connectivity index (χ0v) is 17.7. The second kappa shape index (κ2) is 9.39. The molecule has 0 unspecified atom stereocenters. The number of benzene rings is 2. The van der Waals surface area contributed by atoms with Crippen molar-refractivity contribution in [3.63, 3.8) is 0 Å². The molecule has 1 fully saturated rings. The summed E-state index contributed by atoms with van der Waals surface area (Å²) in [7, 11) is 0. The second-order valence-electron chi connectivity index (χ2n) is 7.24. The Morgan fingerprint density at radius 3 is 2.48 bits per heavy atom. The molecule has 0 amide bonds. The van der Waals surface area contributed by atoms with E-state index in [9.17, 15) is 0 Å². The third-order valence-electron chi connectivity index (χ3n) is 5.03. The molecule has 3 aromatic rings. The first-order valence-electron chi connectivity index (χ1n) is 9.75. The van der Waals surface area contributed by atoms with Gasteiger partial charge in [0.05, 0.1) is 18.4 Å². The molecule has 1 aromatic heterocycles. The molecule has 0 saturated carbocycles. The molecule has 2 aromatic carbocycles. The van der Waals surface area contributed by atoms with Crippen LogP contribution >= 0.6 is 23.8 Å². The summed E-state index contributed by atoms with van der Waals surface area (Å²) in [6, 6.07) is 18.4. The topological polar surface area (TPSA) is 36.3 Å². The van der Waals surface area contributed by atoms with Crippen LogP contribution in [0.5, 0.6) is 0 Å². The molecule has 29 heavy (non-hydrogen) atoms. The van der Waals surface area contributed by atoms with Crippen LogP contribution in [0.25, 0.3) is 0 Å². The molecule has 1 aliphatic rings. The number of nitrogens with one attached hydrogen (secondary N) is 1. The molecular weight excluding hydrogens is 402 g/mol. The van der Waals surface area contributed by atoms with Crippen LogP contribution in [-0.2, 0) is 13.1 Å². The predicted molar refractivity (Wildman–Crippen MR) is 122 cm³/mol. The van der Waals surface area contributed by atoms with Crippen molar-refractivity contribution in [2.24, 2.45) is 0 Å². The first-order chi connectivity index (χ1) is 14.2. The van der Waals surface area contributed by atoms with Crippen molar-refractivity contribution >= 4 is 34.6 Å². The highest BCUT2D eigenvalue weighted by atomic mass is 35.5. The van der Waals surface area contributed by atoms with Crippen LogP contribution in [0.2, 0.25) is 5.02 Å². The van der Waals surface area contributed by atoms with Gasteiger partial charge in [-0.3, -0.25) is 9.58 Å². The molecular formula is C22H24ClN5S. The van der Waals surface area contributed by atoms with E-state index < -0.39 is 0 Å². The number of nitrogens with zero attached hydrogens (tertiary/aromatic N) is 4. The minimum Gasteiger partial charge on any atom is -0.346 e. The van der Waals surface area contributed by atoms with Crippen LogP contribution in [0, 0.1) is 0 Å². The van der Waals surface area contributed by atoms with Crippen molar-refractivity contribution < 1.29 is 0 Å². The fraction of sp³-hybridized carbons (Fsp3) is 0.273. The van der Waals surface area contributed by atoms with E-state index in [4.69, 9.17) is 23.8 Å². The Hall–Kier alpha value is -2.41. The molecule has 0 radical (unpaired) electrons. The number of hydrogen-bond acceptors (Lipinski definition) is 3. The van der Waals surface area contributed by atoms with Gasteiger partial charge >= 0.3 is 0 Å². The SMILES string of the molecule is S=C(Nc1cnn(Cc2cccc(Cl)c2)c1)N1CCN(Cc2ccccc2)CC1. The number of anilines is 1. The van der Waals surface area contributed by atoms with Crippen LogP contribution in [0.15, 0.2) is 67.0 Å². The van der Waals surface area contributed by atoms with Gasteiger partial charge in [-0.1, -0.05) is 54.1 Å². The number of aromatic nitrogens is 2. The Morgan fingerprint density at radius 1 is 0.966 bits per heavy atom. The standard InChI is InChI=1S/C22H24ClN5S/c23-20-8-4-7-19(13-20)16-28-17-21(14-24-28)25-22(29)27-11-9-26(10-12-27)15-18-5-2-1-3-6-18/h1-8,13-14,17H,9-12,15-16H2,(H,25,29). The zero-order chi connectivity index (χ0) is 20.1. The summed E-state index contributed by atoms with van der Waals surface area (Å²) >= 11 is 11.7. The Labute approximate surface area is 181 Å². The number of rotatable bonds is 5. The van der Waals surface area contributed by atoms with E-state index in [0.717, 1.165) is 54.1 Å². The minimum absolute atomic E-state index is 0.674. The zero-order valence-electron chi connectivity index (χ0n) is 16.2. The molecule has 4 rings (SSSR count). The second-order valence-corrected chi connectivity index (χ2v) is 8.06. The molecule has 0 spiro atoms. The summed E-state index contributed by atoms with van der Waals surface area (Å²) in [6.07, 6.45) is 3.78. The normalized spacial score (nSPS) is 14.7.